The molecular formula is C19H26N6O4S. The van der Waals surface area contributed by atoms with Crippen LogP contribution in [-0.4, -0.2) is 58.4 Å². The van der Waals surface area contributed by atoms with Gasteiger partial charge < -0.3 is 9.87 Å². The average Bonchev–Trinajstić information content (AvgIpc) is 3.06. The number of aliphatic imine (C=N–C) groups is 1. The van der Waals surface area contributed by atoms with Crippen molar-refractivity contribution in [3.63, 3.8) is 0 Å². The van der Waals surface area contributed by atoms with E-state index >= 15 is 0 Å². The molecule has 2 unspecified atom stereocenters. The van der Waals surface area contributed by atoms with Gasteiger partial charge in [-0.2, -0.15) is 10.1 Å². The van der Waals surface area contributed by atoms with Crippen LogP contribution in [-0.2, 0) is 21.0 Å². The van der Waals surface area contributed by atoms with Crippen LogP contribution in [0.3, 0.4) is 0 Å². The largest absolute Gasteiger partial charge is 0.726 e. The van der Waals surface area contributed by atoms with E-state index in [2.05, 4.69) is 49.0 Å². The van der Waals surface area contributed by atoms with Crippen molar-refractivity contribution in [2.45, 2.75) is 12.7 Å². The van der Waals surface area contributed by atoms with Gasteiger partial charge in [0.15, 0.2) is 0 Å². The average molecular weight is 435 g/mol. The van der Waals surface area contributed by atoms with Crippen LogP contribution in [0.4, 0.5) is 11.4 Å². The number of anilines is 1. The molecule has 1 aliphatic heterocycles. The van der Waals surface area contributed by atoms with Gasteiger partial charge in [-0.1, -0.05) is 30.3 Å². The Balaban J connectivity index is 0.000000469. The van der Waals surface area contributed by atoms with Crippen LogP contribution in [0.2, 0.25) is 0 Å². The summed E-state index contributed by atoms with van der Waals surface area (Å²) < 4.78 is 31.0. The van der Waals surface area contributed by atoms with E-state index in [0.717, 1.165) is 36.5 Å². The first-order valence-corrected chi connectivity index (χ1v) is 10.5. The van der Waals surface area contributed by atoms with Crippen molar-refractivity contribution >= 4 is 28.1 Å². The van der Waals surface area contributed by atoms with Gasteiger partial charge in [0, 0.05) is 19.3 Å². The predicted molar refractivity (Wildman–Crippen MR) is 113 cm³/mol. The molecule has 0 radical (unpaired) electrons. The fraction of sp³-hybridized carbons (Fsp3) is 0.316. The van der Waals surface area contributed by atoms with E-state index in [0.29, 0.717) is 0 Å². The zero-order valence-electron chi connectivity index (χ0n) is 17.1. The summed E-state index contributed by atoms with van der Waals surface area (Å²) in [5, 5.41) is 15.0. The minimum absolute atomic E-state index is 0.242. The summed E-state index contributed by atoms with van der Waals surface area (Å²) >= 11 is 0. The third-order valence-corrected chi connectivity index (χ3v) is 4.64. The van der Waals surface area contributed by atoms with Gasteiger partial charge in [0.1, 0.15) is 0 Å². The van der Waals surface area contributed by atoms with Gasteiger partial charge >= 0.3 is 0 Å². The number of azo groups is 1. The van der Waals surface area contributed by atoms with Crippen molar-refractivity contribution in [2.75, 3.05) is 33.1 Å². The summed E-state index contributed by atoms with van der Waals surface area (Å²) in [5.41, 5.74) is 3.26. The van der Waals surface area contributed by atoms with Crippen molar-refractivity contribution < 1.29 is 22.2 Å². The Morgan fingerprint density at radius 3 is 2.37 bits per heavy atom. The van der Waals surface area contributed by atoms with Crippen LogP contribution in [0.15, 0.2) is 69.8 Å². The summed E-state index contributed by atoms with van der Waals surface area (Å²) in [5.74, 6) is 0. The van der Waals surface area contributed by atoms with Gasteiger partial charge in [0.25, 0.3) is 6.29 Å². The summed E-state index contributed by atoms with van der Waals surface area (Å²) in [6, 6.07) is 18.4. The van der Waals surface area contributed by atoms with E-state index in [1.165, 1.54) is 5.56 Å². The second-order valence-corrected chi connectivity index (χ2v) is 7.53. The van der Waals surface area contributed by atoms with Gasteiger partial charge in [-0.05, 0) is 36.2 Å². The molecular weight excluding hydrogens is 408 g/mol. The zero-order valence-corrected chi connectivity index (χ0v) is 17.9. The number of rotatable bonds is 7. The third kappa shape index (κ3) is 8.35. The van der Waals surface area contributed by atoms with Crippen LogP contribution in [0.25, 0.3) is 0 Å². The first-order chi connectivity index (χ1) is 14.3. The number of nitrogens with zero attached hydrogens (tertiary/aromatic N) is 4. The Bertz CT molecular complexity index is 935. The van der Waals surface area contributed by atoms with Crippen LogP contribution < -0.4 is 10.3 Å². The lowest BCUT2D eigenvalue weighted by Crippen LogP contribution is -3.12. The Kier molecular flexibility index (Phi) is 9.02. The molecule has 0 saturated heterocycles. The Hall–Kier alpha value is -2.70. The molecule has 0 bridgehead atoms. The van der Waals surface area contributed by atoms with Crippen molar-refractivity contribution in [3.8, 4) is 0 Å². The maximum Gasteiger partial charge on any atom is 0.263 e. The normalized spacial score (nSPS) is 18.9. The van der Waals surface area contributed by atoms with Gasteiger partial charge in [-0.25, -0.2) is 13.4 Å². The van der Waals surface area contributed by atoms with Crippen LogP contribution in [0.1, 0.15) is 5.56 Å². The minimum atomic E-state index is -4.41. The number of nitrogens with one attached hydrogen (secondary N) is 2. The summed E-state index contributed by atoms with van der Waals surface area (Å²) in [6.45, 7) is 0.904. The fourth-order valence-electron chi connectivity index (χ4n) is 2.42. The lowest BCUT2D eigenvalue weighted by atomic mass is 10.1. The molecule has 0 aromatic heterocycles. The molecule has 2 aromatic rings. The molecule has 2 atom stereocenters. The quantitative estimate of drug-likeness (QED) is 0.384. The SMILES string of the molecule is CN1C(N=Nc2ccc(NCCc3ccccc3)cc2)N=C[NH+]1C.COS(=O)(=O)[O-]. The fourth-order valence-corrected chi connectivity index (χ4v) is 2.42. The zero-order chi connectivity index (χ0) is 22.0. The van der Waals surface area contributed by atoms with Gasteiger partial charge in [0.05, 0.1) is 19.8 Å². The van der Waals surface area contributed by atoms with Gasteiger partial charge in [-0.15, -0.1) is 10.1 Å². The van der Waals surface area contributed by atoms with E-state index in [4.69, 9.17) is 0 Å². The molecule has 2 N–H and O–H groups in total. The molecule has 30 heavy (non-hydrogen) atoms. The van der Waals surface area contributed by atoms with Crippen LogP contribution >= 0.6 is 0 Å². The Labute approximate surface area is 176 Å². The number of quaternary nitrogens is 1. The maximum atomic E-state index is 9.22. The van der Waals surface area contributed by atoms with E-state index in [-0.39, 0.29) is 6.29 Å². The molecule has 0 spiro atoms. The summed E-state index contributed by atoms with van der Waals surface area (Å²) in [4.78, 5) is 4.29. The highest BCUT2D eigenvalue weighted by atomic mass is 32.3. The van der Waals surface area contributed by atoms with Crippen molar-refractivity contribution in [2.24, 2.45) is 15.2 Å². The molecule has 3 rings (SSSR count). The molecule has 0 fully saturated rings. The lowest BCUT2D eigenvalue weighted by molar-refractivity contribution is -0.903. The van der Waals surface area contributed by atoms with Crippen LogP contribution in [0, 0.1) is 0 Å². The first-order valence-electron chi connectivity index (χ1n) is 9.18. The maximum absolute atomic E-state index is 9.22. The highest BCUT2D eigenvalue weighted by Gasteiger charge is 2.25. The second-order valence-electron chi connectivity index (χ2n) is 6.38. The lowest BCUT2D eigenvalue weighted by Gasteiger charge is -2.14. The molecule has 1 aliphatic rings. The molecule has 0 aliphatic carbocycles. The first kappa shape index (κ1) is 23.6. The topological polar surface area (TPSA) is 123 Å². The van der Waals surface area contributed by atoms with Crippen molar-refractivity contribution in [1.82, 2.24) is 5.01 Å². The monoisotopic (exact) mass is 434 g/mol. The highest BCUT2D eigenvalue weighted by molar-refractivity contribution is 7.80. The number of hydrogen-bond acceptors (Lipinski definition) is 9. The van der Waals surface area contributed by atoms with E-state index in [1.807, 2.05) is 55.8 Å². The molecule has 0 amide bonds. The van der Waals surface area contributed by atoms with E-state index < -0.39 is 10.4 Å². The smallest absolute Gasteiger partial charge is 0.263 e. The molecule has 10 nitrogen and oxygen atoms in total. The van der Waals surface area contributed by atoms with E-state index in [9.17, 15) is 13.0 Å². The van der Waals surface area contributed by atoms with E-state index in [1.54, 1.807) is 0 Å². The third-order valence-electron chi connectivity index (χ3n) is 4.23. The molecule has 2 aromatic carbocycles. The standard InChI is InChI=1S/C18H22N6.CH4O4S/c1-23-14-20-18(24(23)2)22-21-17-10-8-16(9-11-17)19-13-12-15-6-4-3-5-7-15;1-5-6(2,3)4/h3-11,14,18-19H,12-13H2,1-2H3;1H3,(H,2,3,4). The molecule has 162 valence electrons. The van der Waals surface area contributed by atoms with Crippen molar-refractivity contribution in [3.05, 3.63) is 60.2 Å². The highest BCUT2D eigenvalue weighted by Crippen LogP contribution is 2.17. The predicted octanol–water partition coefficient (Wildman–Crippen LogP) is 1.20. The Morgan fingerprint density at radius 2 is 1.83 bits per heavy atom. The minimum Gasteiger partial charge on any atom is -0.726 e. The van der Waals surface area contributed by atoms with Gasteiger partial charge in [-0.3, -0.25) is 4.18 Å². The molecule has 11 heteroatoms. The number of benzene rings is 2. The molecule has 0 saturated carbocycles. The second kappa shape index (κ2) is 11.5. The number of hydrogen-bond donors (Lipinski definition) is 2. The summed E-state index contributed by atoms with van der Waals surface area (Å²) in [7, 11) is 0.369. The van der Waals surface area contributed by atoms with Gasteiger partial charge in [0.2, 0.25) is 16.7 Å². The Morgan fingerprint density at radius 1 is 1.20 bits per heavy atom. The van der Waals surface area contributed by atoms with Crippen molar-refractivity contribution in [1.29, 1.82) is 0 Å². The molecule has 1 heterocycles. The summed E-state index contributed by atoms with van der Waals surface area (Å²) in [6.07, 6.45) is 2.59. The van der Waals surface area contributed by atoms with Crippen LogP contribution in [0.5, 0.6) is 0 Å².